The van der Waals surface area contributed by atoms with E-state index in [0.29, 0.717) is 44.5 Å². The van der Waals surface area contributed by atoms with Gasteiger partial charge in [-0.05, 0) is 42.8 Å². The molecule has 38 heavy (non-hydrogen) atoms. The van der Waals surface area contributed by atoms with E-state index in [9.17, 15) is 9.59 Å². The van der Waals surface area contributed by atoms with E-state index in [2.05, 4.69) is 32.9 Å². The first-order chi connectivity index (χ1) is 18.2. The lowest BCUT2D eigenvalue weighted by Gasteiger charge is -2.16. The molecule has 0 saturated carbocycles. The van der Waals surface area contributed by atoms with E-state index in [1.165, 1.54) is 15.9 Å². The van der Waals surface area contributed by atoms with Gasteiger partial charge in [0.15, 0.2) is 17.3 Å². The van der Waals surface area contributed by atoms with Crippen molar-refractivity contribution >= 4 is 55.4 Å². The SMILES string of the molecule is CC(=O)O.CCCCN1C(=O)C(=c2sc3nc(-c4ccc(OC)c(OC)c4)nn3c2=O)c2cc(Br)ccc21. The third kappa shape index (κ3) is 5.14. The molecule has 0 spiro atoms. The van der Waals surface area contributed by atoms with Crippen molar-refractivity contribution in [1.29, 1.82) is 0 Å². The maximum atomic E-state index is 13.4. The summed E-state index contributed by atoms with van der Waals surface area (Å²) in [5, 5.41) is 11.8. The van der Waals surface area contributed by atoms with Gasteiger partial charge in [-0.1, -0.05) is 40.6 Å². The van der Waals surface area contributed by atoms with E-state index in [1.807, 2.05) is 18.2 Å². The summed E-state index contributed by atoms with van der Waals surface area (Å²) in [7, 11) is 3.12. The number of methoxy groups -OCH3 is 2. The zero-order valence-electron chi connectivity index (χ0n) is 21.1. The number of ether oxygens (including phenoxy) is 2. The van der Waals surface area contributed by atoms with Crippen molar-refractivity contribution in [1.82, 2.24) is 14.6 Å². The molecule has 0 fully saturated rings. The molecular weight excluding hydrogens is 576 g/mol. The fourth-order valence-electron chi connectivity index (χ4n) is 4.04. The number of carbonyl (C=O) groups is 2. The molecule has 1 aliphatic heterocycles. The molecule has 198 valence electrons. The molecule has 12 heteroatoms. The Labute approximate surface area is 230 Å². The van der Waals surface area contributed by atoms with Crippen LogP contribution >= 0.6 is 27.3 Å². The second kappa shape index (κ2) is 11.3. The molecule has 10 nitrogen and oxygen atoms in total. The minimum Gasteiger partial charge on any atom is -0.493 e. The van der Waals surface area contributed by atoms with Gasteiger partial charge in [0.1, 0.15) is 4.53 Å². The highest BCUT2D eigenvalue weighted by atomic mass is 79.9. The molecule has 0 unspecified atom stereocenters. The number of rotatable bonds is 6. The van der Waals surface area contributed by atoms with Gasteiger partial charge in [0.25, 0.3) is 17.4 Å². The van der Waals surface area contributed by atoms with E-state index in [1.54, 1.807) is 37.3 Å². The van der Waals surface area contributed by atoms with Gasteiger partial charge >= 0.3 is 0 Å². The van der Waals surface area contributed by atoms with Crippen LogP contribution in [0.25, 0.3) is 21.9 Å². The summed E-state index contributed by atoms with van der Waals surface area (Å²) >= 11 is 4.67. The Morgan fingerprint density at radius 2 is 1.82 bits per heavy atom. The highest BCUT2D eigenvalue weighted by Crippen LogP contribution is 2.37. The van der Waals surface area contributed by atoms with Crippen LogP contribution in [0.2, 0.25) is 0 Å². The van der Waals surface area contributed by atoms with Crippen LogP contribution in [0.1, 0.15) is 32.3 Å². The Hall–Kier alpha value is -3.77. The predicted octanol–water partition coefficient (Wildman–Crippen LogP) is 3.75. The summed E-state index contributed by atoms with van der Waals surface area (Å²) in [5.41, 5.74) is 2.31. The molecule has 1 N–H and O–H groups in total. The molecule has 0 aliphatic carbocycles. The molecule has 0 atom stereocenters. The Bertz CT molecular complexity index is 1640. The summed E-state index contributed by atoms with van der Waals surface area (Å²) in [6.45, 7) is 3.77. The Morgan fingerprint density at radius 1 is 1.11 bits per heavy atom. The standard InChI is InChI=1S/C24H21BrN4O4S.C2H4O2/c1-4-5-10-28-16-8-7-14(25)12-15(16)19(22(28)30)20-23(31)29-24(34-20)26-21(27-29)13-6-9-17(32-2)18(11-13)33-3;1-2(3)4/h6-9,11-12H,4-5,10H2,1-3H3;1H3,(H,3,4). The minimum absolute atomic E-state index is 0.164. The molecular formula is C26H25BrN4O6S. The smallest absolute Gasteiger partial charge is 0.300 e. The fourth-order valence-corrected chi connectivity index (χ4v) is 5.40. The molecule has 1 aliphatic rings. The molecule has 0 radical (unpaired) electrons. The average molecular weight is 601 g/mol. The molecule has 0 saturated heterocycles. The summed E-state index contributed by atoms with van der Waals surface area (Å²) in [5.74, 6) is 0.532. The lowest BCUT2D eigenvalue weighted by molar-refractivity contribution is -0.134. The number of aromatic nitrogens is 3. The summed E-state index contributed by atoms with van der Waals surface area (Å²) in [6.07, 6.45) is 1.84. The number of anilines is 1. The number of fused-ring (bicyclic) bond motifs is 2. The lowest BCUT2D eigenvalue weighted by atomic mass is 10.1. The highest BCUT2D eigenvalue weighted by Gasteiger charge is 2.34. The van der Waals surface area contributed by atoms with Gasteiger partial charge in [0.05, 0.1) is 25.5 Å². The van der Waals surface area contributed by atoms with Gasteiger partial charge in [-0.3, -0.25) is 14.4 Å². The molecule has 3 heterocycles. The number of nitrogens with zero attached hydrogens (tertiary/aromatic N) is 4. The van der Waals surface area contributed by atoms with Crippen molar-refractivity contribution in [2.45, 2.75) is 26.7 Å². The molecule has 0 bridgehead atoms. The number of amides is 1. The van der Waals surface area contributed by atoms with Gasteiger partial charge in [-0.2, -0.15) is 9.50 Å². The monoisotopic (exact) mass is 600 g/mol. The van der Waals surface area contributed by atoms with E-state index in [0.717, 1.165) is 35.5 Å². The number of hydrogen-bond acceptors (Lipinski definition) is 8. The topological polar surface area (TPSA) is 123 Å². The van der Waals surface area contributed by atoms with Crippen molar-refractivity contribution < 1.29 is 24.2 Å². The van der Waals surface area contributed by atoms with Crippen LogP contribution in [0.3, 0.4) is 0 Å². The summed E-state index contributed by atoms with van der Waals surface area (Å²) < 4.78 is 13.1. The van der Waals surface area contributed by atoms with Gasteiger partial charge in [0.2, 0.25) is 4.96 Å². The van der Waals surface area contributed by atoms with E-state index in [4.69, 9.17) is 19.4 Å². The summed E-state index contributed by atoms with van der Waals surface area (Å²) in [4.78, 5) is 42.5. The first-order valence-electron chi connectivity index (χ1n) is 11.7. The van der Waals surface area contributed by atoms with Crippen LogP contribution in [-0.4, -0.2) is 52.3 Å². The van der Waals surface area contributed by atoms with Gasteiger partial charge in [-0.15, -0.1) is 5.10 Å². The van der Waals surface area contributed by atoms with Crippen LogP contribution in [0.5, 0.6) is 11.5 Å². The maximum absolute atomic E-state index is 13.4. The number of unbranched alkanes of at least 4 members (excludes halogenated alkanes) is 1. The van der Waals surface area contributed by atoms with E-state index >= 15 is 0 Å². The van der Waals surface area contributed by atoms with Crippen molar-refractivity contribution in [3.05, 3.63) is 61.3 Å². The van der Waals surface area contributed by atoms with Crippen LogP contribution in [-0.2, 0) is 9.59 Å². The molecule has 5 rings (SSSR count). The van der Waals surface area contributed by atoms with Crippen LogP contribution in [0.4, 0.5) is 5.69 Å². The third-order valence-corrected chi connectivity index (χ3v) is 7.26. The fraction of sp³-hybridized carbons (Fsp3) is 0.269. The number of carboxylic acid groups (broad SMARTS) is 1. The van der Waals surface area contributed by atoms with Gasteiger partial charge in [0, 0.05) is 29.1 Å². The Morgan fingerprint density at radius 3 is 2.45 bits per heavy atom. The second-order valence-corrected chi connectivity index (χ2v) is 10.2. The van der Waals surface area contributed by atoms with E-state index in [-0.39, 0.29) is 11.5 Å². The summed E-state index contributed by atoms with van der Waals surface area (Å²) in [6, 6.07) is 11.0. The number of carbonyl (C=O) groups excluding carboxylic acids is 1. The first kappa shape index (κ1) is 27.3. The lowest BCUT2D eigenvalue weighted by Crippen LogP contribution is -2.33. The number of hydrogen-bond donors (Lipinski definition) is 1. The maximum Gasteiger partial charge on any atom is 0.300 e. The van der Waals surface area contributed by atoms with E-state index < -0.39 is 5.97 Å². The molecule has 2 aromatic heterocycles. The Balaban J connectivity index is 0.000000786. The number of thiazole rings is 1. The van der Waals surface area contributed by atoms with Gasteiger partial charge in [-0.25, -0.2) is 0 Å². The predicted molar refractivity (Wildman–Crippen MR) is 148 cm³/mol. The zero-order valence-corrected chi connectivity index (χ0v) is 23.6. The Kier molecular flexibility index (Phi) is 8.12. The number of aliphatic carboxylic acids is 1. The first-order valence-corrected chi connectivity index (χ1v) is 13.3. The molecule has 1 amide bonds. The largest absolute Gasteiger partial charge is 0.493 e. The third-order valence-electron chi connectivity index (χ3n) is 5.74. The number of benzene rings is 2. The average Bonchev–Trinajstić information content (AvgIpc) is 3.52. The normalized spacial score (nSPS) is 13.8. The van der Waals surface area contributed by atoms with Crippen molar-refractivity contribution in [2.75, 3.05) is 25.7 Å². The highest BCUT2D eigenvalue weighted by molar-refractivity contribution is 9.10. The second-order valence-electron chi connectivity index (χ2n) is 8.30. The van der Waals surface area contributed by atoms with Gasteiger partial charge < -0.3 is 19.5 Å². The quantitative estimate of drug-likeness (QED) is 0.355. The van der Waals surface area contributed by atoms with Crippen molar-refractivity contribution in [3.63, 3.8) is 0 Å². The number of halogens is 1. The molecule has 4 aromatic rings. The minimum atomic E-state index is -0.833. The van der Waals surface area contributed by atoms with Crippen molar-refractivity contribution in [3.8, 4) is 22.9 Å². The number of carboxylic acids is 1. The van der Waals surface area contributed by atoms with Crippen molar-refractivity contribution in [2.24, 2.45) is 0 Å². The van der Waals surface area contributed by atoms with Crippen LogP contribution in [0.15, 0.2) is 45.7 Å². The molecule has 2 aromatic carbocycles. The zero-order chi connectivity index (χ0) is 27.6. The van der Waals surface area contributed by atoms with Crippen LogP contribution < -0.4 is 24.5 Å². The van der Waals surface area contributed by atoms with Crippen LogP contribution in [0, 0.1) is 0 Å².